The molecular formula is C15H13BrO3. The van der Waals surface area contributed by atoms with Crippen LogP contribution >= 0.6 is 15.9 Å². The monoisotopic (exact) mass is 320 g/mol. The first kappa shape index (κ1) is 13.6. The maximum absolute atomic E-state index is 11.2. The van der Waals surface area contributed by atoms with E-state index in [4.69, 9.17) is 9.84 Å². The number of aromatic carboxylic acids is 1. The highest BCUT2D eigenvalue weighted by Crippen LogP contribution is 2.31. The van der Waals surface area contributed by atoms with Gasteiger partial charge < -0.3 is 9.84 Å². The first-order valence-electron chi connectivity index (χ1n) is 5.75. The summed E-state index contributed by atoms with van der Waals surface area (Å²) in [6, 6.07) is 10.7. The van der Waals surface area contributed by atoms with Crippen LogP contribution in [0.15, 0.2) is 40.9 Å². The Hall–Kier alpha value is -1.81. The highest BCUT2D eigenvalue weighted by Gasteiger charge is 2.13. The fourth-order valence-corrected chi connectivity index (χ4v) is 2.03. The van der Waals surface area contributed by atoms with Gasteiger partial charge in [-0.05, 0) is 49.2 Å². The Morgan fingerprint density at radius 2 is 1.84 bits per heavy atom. The standard InChI is InChI=1S/C15H13BrO3/c1-9-3-4-10(2)13(7-9)19-14-8-11(16)5-6-12(14)15(17)18/h3-8H,1-2H3,(H,17,18). The third kappa shape index (κ3) is 3.15. The second-order valence-electron chi connectivity index (χ2n) is 4.32. The van der Waals surface area contributed by atoms with Gasteiger partial charge in [-0.1, -0.05) is 28.1 Å². The van der Waals surface area contributed by atoms with E-state index in [1.165, 1.54) is 6.07 Å². The molecule has 0 heterocycles. The quantitative estimate of drug-likeness (QED) is 0.902. The molecule has 2 rings (SSSR count). The molecule has 0 aliphatic rings. The Kier molecular flexibility index (Phi) is 3.90. The third-order valence-corrected chi connectivity index (χ3v) is 3.23. The van der Waals surface area contributed by atoms with Crippen molar-refractivity contribution in [3.8, 4) is 11.5 Å². The molecule has 4 heteroatoms. The van der Waals surface area contributed by atoms with E-state index in [2.05, 4.69) is 15.9 Å². The first-order chi connectivity index (χ1) is 8.97. The number of rotatable bonds is 3. The van der Waals surface area contributed by atoms with Gasteiger partial charge in [-0.25, -0.2) is 4.79 Å². The lowest BCUT2D eigenvalue weighted by Gasteiger charge is -2.12. The largest absolute Gasteiger partial charge is 0.478 e. The fourth-order valence-electron chi connectivity index (χ4n) is 1.69. The molecular weight excluding hydrogens is 308 g/mol. The van der Waals surface area contributed by atoms with Crippen LogP contribution in [0.5, 0.6) is 11.5 Å². The average Bonchev–Trinajstić information content (AvgIpc) is 2.33. The van der Waals surface area contributed by atoms with Crippen LogP contribution in [0, 0.1) is 13.8 Å². The van der Waals surface area contributed by atoms with Gasteiger partial charge in [-0.15, -0.1) is 0 Å². The van der Waals surface area contributed by atoms with Crippen molar-refractivity contribution in [3.63, 3.8) is 0 Å². The van der Waals surface area contributed by atoms with Crippen molar-refractivity contribution in [2.24, 2.45) is 0 Å². The minimum Gasteiger partial charge on any atom is -0.478 e. The maximum atomic E-state index is 11.2. The topological polar surface area (TPSA) is 46.5 Å². The van der Waals surface area contributed by atoms with Gasteiger partial charge in [0.15, 0.2) is 0 Å². The summed E-state index contributed by atoms with van der Waals surface area (Å²) in [5.41, 5.74) is 2.17. The van der Waals surface area contributed by atoms with Crippen molar-refractivity contribution in [1.82, 2.24) is 0 Å². The molecule has 19 heavy (non-hydrogen) atoms. The summed E-state index contributed by atoms with van der Waals surface area (Å²) in [5.74, 6) is -0.0102. The smallest absolute Gasteiger partial charge is 0.339 e. The molecule has 0 atom stereocenters. The van der Waals surface area contributed by atoms with Crippen molar-refractivity contribution < 1.29 is 14.6 Å². The summed E-state index contributed by atoms with van der Waals surface area (Å²) in [4.78, 5) is 11.2. The van der Waals surface area contributed by atoms with E-state index in [1.54, 1.807) is 12.1 Å². The molecule has 98 valence electrons. The number of carboxylic acid groups (broad SMARTS) is 1. The van der Waals surface area contributed by atoms with E-state index in [-0.39, 0.29) is 5.56 Å². The Bertz CT molecular complexity index is 635. The van der Waals surface area contributed by atoms with Crippen molar-refractivity contribution >= 4 is 21.9 Å². The van der Waals surface area contributed by atoms with E-state index < -0.39 is 5.97 Å². The molecule has 3 nitrogen and oxygen atoms in total. The van der Waals surface area contributed by atoms with Gasteiger partial charge in [-0.2, -0.15) is 0 Å². The summed E-state index contributed by atoms with van der Waals surface area (Å²) < 4.78 is 6.53. The molecule has 0 aliphatic heterocycles. The molecule has 0 fully saturated rings. The first-order valence-corrected chi connectivity index (χ1v) is 6.54. The number of benzene rings is 2. The molecule has 0 bridgehead atoms. The number of halogens is 1. The second kappa shape index (κ2) is 5.45. The number of carbonyl (C=O) groups is 1. The number of aryl methyl sites for hydroxylation is 2. The summed E-state index contributed by atoms with van der Waals surface area (Å²) in [7, 11) is 0. The van der Waals surface area contributed by atoms with Crippen LogP contribution in [0.3, 0.4) is 0 Å². The maximum Gasteiger partial charge on any atom is 0.339 e. The summed E-state index contributed by atoms with van der Waals surface area (Å²) in [6.45, 7) is 3.89. The second-order valence-corrected chi connectivity index (χ2v) is 5.23. The SMILES string of the molecule is Cc1ccc(C)c(Oc2cc(Br)ccc2C(=O)O)c1. The van der Waals surface area contributed by atoms with Gasteiger partial charge in [0.2, 0.25) is 0 Å². The summed E-state index contributed by atoms with van der Waals surface area (Å²) in [6.07, 6.45) is 0. The number of ether oxygens (including phenoxy) is 1. The van der Waals surface area contributed by atoms with Crippen LogP contribution in [-0.2, 0) is 0 Å². The van der Waals surface area contributed by atoms with Crippen LogP contribution in [0.4, 0.5) is 0 Å². The van der Waals surface area contributed by atoms with Crippen LogP contribution in [0.1, 0.15) is 21.5 Å². The van der Waals surface area contributed by atoms with Crippen molar-refractivity contribution in [2.45, 2.75) is 13.8 Å². The molecule has 0 saturated heterocycles. The zero-order valence-electron chi connectivity index (χ0n) is 10.6. The average molecular weight is 321 g/mol. The highest BCUT2D eigenvalue weighted by molar-refractivity contribution is 9.10. The normalized spacial score (nSPS) is 10.3. The van der Waals surface area contributed by atoms with E-state index >= 15 is 0 Å². The summed E-state index contributed by atoms with van der Waals surface area (Å²) >= 11 is 3.32. The van der Waals surface area contributed by atoms with Crippen molar-refractivity contribution in [1.29, 1.82) is 0 Å². The van der Waals surface area contributed by atoms with Crippen LogP contribution < -0.4 is 4.74 Å². The minimum absolute atomic E-state index is 0.143. The fraction of sp³-hybridized carbons (Fsp3) is 0.133. The Morgan fingerprint density at radius 1 is 1.11 bits per heavy atom. The Labute approximate surface area is 120 Å². The predicted octanol–water partition coefficient (Wildman–Crippen LogP) is 4.56. The van der Waals surface area contributed by atoms with Gasteiger partial charge in [0.05, 0.1) is 0 Å². The molecule has 0 radical (unpaired) electrons. The van der Waals surface area contributed by atoms with E-state index in [9.17, 15) is 4.79 Å². The molecule has 0 saturated carbocycles. The number of hydrogen-bond donors (Lipinski definition) is 1. The van der Waals surface area contributed by atoms with Gasteiger partial charge in [-0.3, -0.25) is 0 Å². The Morgan fingerprint density at radius 3 is 2.53 bits per heavy atom. The van der Waals surface area contributed by atoms with Crippen LogP contribution in [0.2, 0.25) is 0 Å². The lowest BCUT2D eigenvalue weighted by molar-refractivity contribution is 0.0694. The van der Waals surface area contributed by atoms with E-state index in [1.807, 2.05) is 32.0 Å². The third-order valence-electron chi connectivity index (χ3n) is 2.74. The molecule has 0 amide bonds. The van der Waals surface area contributed by atoms with Crippen molar-refractivity contribution in [2.75, 3.05) is 0 Å². The molecule has 0 aromatic heterocycles. The van der Waals surface area contributed by atoms with Gasteiger partial charge in [0.1, 0.15) is 17.1 Å². The predicted molar refractivity (Wildman–Crippen MR) is 77.1 cm³/mol. The zero-order valence-corrected chi connectivity index (χ0v) is 12.2. The zero-order chi connectivity index (χ0) is 14.0. The molecule has 0 unspecified atom stereocenters. The number of hydrogen-bond acceptors (Lipinski definition) is 2. The van der Waals surface area contributed by atoms with Crippen molar-refractivity contribution in [3.05, 3.63) is 57.6 Å². The van der Waals surface area contributed by atoms with Crippen LogP contribution in [0.25, 0.3) is 0 Å². The molecule has 2 aromatic rings. The summed E-state index contributed by atoms with van der Waals surface area (Å²) in [5, 5.41) is 9.16. The van der Waals surface area contributed by atoms with Gasteiger partial charge in [0, 0.05) is 4.47 Å². The van der Waals surface area contributed by atoms with Gasteiger partial charge in [0.25, 0.3) is 0 Å². The highest BCUT2D eigenvalue weighted by atomic mass is 79.9. The molecule has 0 aliphatic carbocycles. The van der Waals surface area contributed by atoms with Gasteiger partial charge >= 0.3 is 5.97 Å². The lowest BCUT2D eigenvalue weighted by Crippen LogP contribution is -2.00. The lowest BCUT2D eigenvalue weighted by atomic mass is 10.1. The Balaban J connectivity index is 2.45. The molecule has 0 spiro atoms. The van der Waals surface area contributed by atoms with Crippen LogP contribution in [-0.4, -0.2) is 11.1 Å². The molecule has 1 N–H and O–H groups in total. The van der Waals surface area contributed by atoms with E-state index in [0.29, 0.717) is 11.5 Å². The number of carboxylic acids is 1. The molecule has 2 aromatic carbocycles. The van der Waals surface area contributed by atoms with E-state index in [0.717, 1.165) is 15.6 Å². The minimum atomic E-state index is -1.01.